The largest absolute Gasteiger partial charge is 0.345 e. The lowest BCUT2D eigenvalue weighted by atomic mass is 10.2. The number of amides is 2. The van der Waals surface area contributed by atoms with Gasteiger partial charge < -0.3 is 10.2 Å². The van der Waals surface area contributed by atoms with Crippen molar-refractivity contribution < 1.29 is 9.59 Å². The smallest absolute Gasteiger partial charge is 0.244 e. The molecule has 0 aromatic carbocycles. The van der Waals surface area contributed by atoms with Crippen molar-refractivity contribution in [3.05, 3.63) is 0 Å². The van der Waals surface area contributed by atoms with Crippen LogP contribution in [0.15, 0.2) is 0 Å². The maximum atomic E-state index is 11.6. The molecule has 1 N–H and O–H groups in total. The summed E-state index contributed by atoms with van der Waals surface area (Å²) in [6, 6.07) is -0.422. The van der Waals surface area contributed by atoms with Crippen LogP contribution < -0.4 is 5.32 Å². The van der Waals surface area contributed by atoms with E-state index in [4.69, 9.17) is 0 Å². The van der Waals surface area contributed by atoms with Crippen LogP contribution >= 0.6 is 0 Å². The molecule has 4 heteroatoms. The summed E-state index contributed by atoms with van der Waals surface area (Å²) >= 11 is 0. The highest BCUT2D eigenvalue weighted by Crippen LogP contribution is 1.96. The van der Waals surface area contributed by atoms with E-state index in [1.54, 1.807) is 18.9 Å². The minimum absolute atomic E-state index is 0.0337. The third kappa shape index (κ3) is 4.84. The summed E-state index contributed by atoms with van der Waals surface area (Å²) in [7, 11) is 1.76. The van der Waals surface area contributed by atoms with Gasteiger partial charge in [-0.2, -0.15) is 0 Å². The third-order valence-corrected chi connectivity index (χ3v) is 2.01. The molecule has 0 heterocycles. The zero-order valence-corrected chi connectivity index (χ0v) is 9.46. The van der Waals surface area contributed by atoms with Crippen molar-refractivity contribution in [1.29, 1.82) is 0 Å². The highest BCUT2D eigenvalue weighted by atomic mass is 16.2. The van der Waals surface area contributed by atoms with Crippen molar-refractivity contribution in [3.63, 3.8) is 0 Å². The molecule has 2 amide bonds. The first-order valence-electron chi connectivity index (χ1n) is 5.01. The van der Waals surface area contributed by atoms with E-state index < -0.39 is 6.04 Å². The van der Waals surface area contributed by atoms with Crippen molar-refractivity contribution in [2.75, 3.05) is 13.6 Å². The molecule has 0 aromatic rings. The minimum Gasteiger partial charge on any atom is -0.345 e. The molecule has 0 spiro atoms. The van der Waals surface area contributed by atoms with Crippen LogP contribution in [0, 0.1) is 0 Å². The zero-order chi connectivity index (χ0) is 11.1. The van der Waals surface area contributed by atoms with Crippen molar-refractivity contribution >= 4 is 11.8 Å². The molecule has 0 aliphatic carbocycles. The topological polar surface area (TPSA) is 49.4 Å². The van der Waals surface area contributed by atoms with Gasteiger partial charge in [0, 0.05) is 20.5 Å². The Labute approximate surface area is 85.7 Å². The first-order valence-corrected chi connectivity index (χ1v) is 5.01. The quantitative estimate of drug-likeness (QED) is 0.712. The first-order chi connectivity index (χ1) is 6.49. The van der Waals surface area contributed by atoms with Crippen molar-refractivity contribution in [2.45, 2.75) is 39.7 Å². The lowest BCUT2D eigenvalue weighted by Gasteiger charge is -2.21. The van der Waals surface area contributed by atoms with Gasteiger partial charge in [0.05, 0.1) is 0 Å². The van der Waals surface area contributed by atoms with Gasteiger partial charge >= 0.3 is 0 Å². The van der Waals surface area contributed by atoms with E-state index in [1.807, 2.05) is 0 Å². The Morgan fingerprint density at radius 1 is 1.43 bits per heavy atom. The maximum Gasteiger partial charge on any atom is 0.244 e. The number of hydrogen-bond acceptors (Lipinski definition) is 2. The van der Waals surface area contributed by atoms with E-state index in [9.17, 15) is 9.59 Å². The molecule has 82 valence electrons. The fourth-order valence-corrected chi connectivity index (χ4v) is 1.20. The van der Waals surface area contributed by atoms with Gasteiger partial charge in [-0.15, -0.1) is 0 Å². The van der Waals surface area contributed by atoms with Gasteiger partial charge in [0.1, 0.15) is 6.04 Å². The summed E-state index contributed by atoms with van der Waals surface area (Å²) in [5.41, 5.74) is 0. The Morgan fingerprint density at radius 2 is 2.00 bits per heavy atom. The fourth-order valence-electron chi connectivity index (χ4n) is 1.20. The Bertz CT molecular complexity index is 204. The highest BCUT2D eigenvalue weighted by molar-refractivity contribution is 5.86. The highest BCUT2D eigenvalue weighted by Gasteiger charge is 2.17. The van der Waals surface area contributed by atoms with Gasteiger partial charge in [-0.3, -0.25) is 9.59 Å². The molecule has 0 aromatic heterocycles. The summed E-state index contributed by atoms with van der Waals surface area (Å²) in [6.07, 6.45) is 2.06. The molecule has 0 aliphatic rings. The second kappa shape index (κ2) is 6.40. The number of carbonyl (C=O) groups excluding carboxylic acids is 2. The predicted molar refractivity (Wildman–Crippen MR) is 55.8 cm³/mol. The Morgan fingerprint density at radius 3 is 2.43 bits per heavy atom. The van der Waals surface area contributed by atoms with Crippen LogP contribution in [0.25, 0.3) is 0 Å². The average molecular weight is 200 g/mol. The van der Waals surface area contributed by atoms with Gasteiger partial charge in [-0.25, -0.2) is 0 Å². The van der Waals surface area contributed by atoms with Crippen LogP contribution in [-0.4, -0.2) is 36.3 Å². The molecule has 1 unspecified atom stereocenters. The second-order valence-electron chi connectivity index (χ2n) is 3.54. The molecule has 4 nitrogen and oxygen atoms in total. The monoisotopic (exact) mass is 200 g/mol. The van der Waals surface area contributed by atoms with Gasteiger partial charge in [0.2, 0.25) is 11.8 Å². The van der Waals surface area contributed by atoms with E-state index >= 15 is 0 Å². The zero-order valence-electron chi connectivity index (χ0n) is 9.46. The molecule has 0 rings (SSSR count). The first kappa shape index (κ1) is 12.9. The molecule has 0 saturated heterocycles. The van der Waals surface area contributed by atoms with E-state index in [1.165, 1.54) is 6.92 Å². The van der Waals surface area contributed by atoms with Gasteiger partial charge in [0.15, 0.2) is 0 Å². The Hall–Kier alpha value is -1.06. The number of nitrogens with one attached hydrogen (secondary N) is 1. The van der Waals surface area contributed by atoms with Crippen LogP contribution in [0.3, 0.4) is 0 Å². The van der Waals surface area contributed by atoms with Crippen LogP contribution in [-0.2, 0) is 9.59 Å². The third-order valence-electron chi connectivity index (χ3n) is 2.01. The maximum absolute atomic E-state index is 11.6. The average Bonchev–Trinajstić information content (AvgIpc) is 2.11. The SMILES string of the molecule is CCCCN(C)C(=O)C(C)NC(C)=O. The number of carbonyl (C=O) groups is 2. The summed E-state index contributed by atoms with van der Waals surface area (Å²) < 4.78 is 0. The number of rotatable bonds is 5. The van der Waals surface area contributed by atoms with E-state index in [0.717, 1.165) is 19.4 Å². The Balaban J connectivity index is 3.97. The van der Waals surface area contributed by atoms with Gasteiger partial charge in [-0.05, 0) is 13.3 Å². The lowest BCUT2D eigenvalue weighted by molar-refractivity contribution is -0.134. The number of hydrogen-bond donors (Lipinski definition) is 1. The molecule has 0 aliphatic heterocycles. The van der Waals surface area contributed by atoms with Crippen molar-refractivity contribution in [1.82, 2.24) is 10.2 Å². The second-order valence-corrected chi connectivity index (χ2v) is 3.54. The number of nitrogens with zero attached hydrogens (tertiary/aromatic N) is 1. The predicted octanol–water partition coefficient (Wildman–Crippen LogP) is 0.770. The van der Waals surface area contributed by atoms with Gasteiger partial charge in [-0.1, -0.05) is 13.3 Å². The molecular weight excluding hydrogens is 180 g/mol. The Kier molecular flexibility index (Phi) is 5.92. The number of likely N-dealkylation sites (N-methyl/N-ethyl adjacent to an activating group) is 1. The summed E-state index contributed by atoms with van der Waals surface area (Å²) in [4.78, 5) is 24.0. The molecule has 0 saturated carbocycles. The van der Waals surface area contributed by atoms with Crippen LogP contribution in [0.1, 0.15) is 33.6 Å². The van der Waals surface area contributed by atoms with E-state index in [0.29, 0.717) is 0 Å². The molecule has 0 fully saturated rings. The van der Waals surface area contributed by atoms with E-state index in [-0.39, 0.29) is 11.8 Å². The lowest BCUT2D eigenvalue weighted by Crippen LogP contribution is -2.45. The van der Waals surface area contributed by atoms with Crippen LogP contribution in [0.2, 0.25) is 0 Å². The molecular formula is C10H20N2O2. The normalized spacial score (nSPS) is 12.0. The molecule has 1 atom stereocenters. The number of unbranched alkanes of at least 4 members (excludes halogenated alkanes) is 1. The standard InChI is InChI=1S/C10H20N2O2/c1-5-6-7-12(4)10(14)8(2)11-9(3)13/h8H,5-7H2,1-4H3,(H,11,13). The van der Waals surface area contributed by atoms with Crippen molar-refractivity contribution in [2.24, 2.45) is 0 Å². The van der Waals surface area contributed by atoms with Crippen LogP contribution in [0.4, 0.5) is 0 Å². The summed E-state index contributed by atoms with van der Waals surface area (Å²) in [5, 5.41) is 2.57. The fraction of sp³-hybridized carbons (Fsp3) is 0.800. The van der Waals surface area contributed by atoms with E-state index in [2.05, 4.69) is 12.2 Å². The summed E-state index contributed by atoms with van der Waals surface area (Å²) in [6.45, 7) is 5.94. The van der Waals surface area contributed by atoms with Crippen molar-refractivity contribution in [3.8, 4) is 0 Å². The minimum atomic E-state index is -0.422. The summed E-state index contributed by atoms with van der Waals surface area (Å²) in [5.74, 6) is -0.205. The molecule has 14 heavy (non-hydrogen) atoms. The molecule has 0 radical (unpaired) electrons. The van der Waals surface area contributed by atoms with Crippen LogP contribution in [0.5, 0.6) is 0 Å². The molecule has 0 bridgehead atoms. The van der Waals surface area contributed by atoms with Gasteiger partial charge in [0.25, 0.3) is 0 Å².